The minimum absolute atomic E-state index is 0.0317. The second-order valence-corrected chi connectivity index (χ2v) is 8.68. The standard InChI is InChI=1S/C24H29N7O/c1-19-7-9-29(10-8-19)22-15-23(26-17-25-22)31-16-21(27-18-31)24(32)30-13-11-28(12-14-30)20-5-3-2-4-6-20/h2-6,15-19H,7-14H2,1H3. The van der Waals surface area contributed by atoms with Crippen LogP contribution in [0.5, 0.6) is 0 Å². The Hall–Kier alpha value is -3.42. The number of para-hydroxylation sites is 1. The molecule has 32 heavy (non-hydrogen) atoms. The largest absolute Gasteiger partial charge is 0.368 e. The van der Waals surface area contributed by atoms with Crippen LogP contribution in [-0.4, -0.2) is 69.6 Å². The van der Waals surface area contributed by atoms with Gasteiger partial charge in [-0.15, -0.1) is 0 Å². The van der Waals surface area contributed by atoms with E-state index in [1.54, 1.807) is 18.9 Å². The summed E-state index contributed by atoms with van der Waals surface area (Å²) in [6, 6.07) is 12.3. The van der Waals surface area contributed by atoms with Gasteiger partial charge in [-0.2, -0.15) is 0 Å². The van der Waals surface area contributed by atoms with Crippen LogP contribution in [-0.2, 0) is 0 Å². The molecule has 0 N–H and O–H groups in total. The number of imidazole rings is 1. The number of hydrogen-bond acceptors (Lipinski definition) is 6. The first-order valence-electron chi connectivity index (χ1n) is 11.4. The topological polar surface area (TPSA) is 70.4 Å². The molecule has 166 valence electrons. The number of carbonyl (C=O) groups is 1. The summed E-state index contributed by atoms with van der Waals surface area (Å²) in [6.45, 7) is 7.34. The Morgan fingerprint density at radius 1 is 0.875 bits per heavy atom. The Kier molecular flexibility index (Phi) is 5.75. The first kappa shape index (κ1) is 20.5. The summed E-state index contributed by atoms with van der Waals surface area (Å²) in [5, 5.41) is 0. The molecule has 5 rings (SSSR count). The smallest absolute Gasteiger partial charge is 0.274 e. The van der Waals surface area contributed by atoms with E-state index in [-0.39, 0.29) is 5.91 Å². The molecule has 0 aliphatic carbocycles. The molecule has 3 aromatic rings. The predicted molar refractivity (Wildman–Crippen MR) is 124 cm³/mol. The van der Waals surface area contributed by atoms with Crippen LogP contribution in [0.3, 0.4) is 0 Å². The number of amides is 1. The van der Waals surface area contributed by atoms with Crippen LogP contribution in [0, 0.1) is 5.92 Å². The molecule has 0 atom stereocenters. The number of hydrogen-bond donors (Lipinski definition) is 0. The zero-order chi connectivity index (χ0) is 21.9. The number of nitrogens with zero attached hydrogens (tertiary/aromatic N) is 7. The monoisotopic (exact) mass is 431 g/mol. The van der Waals surface area contributed by atoms with Crippen molar-refractivity contribution in [2.45, 2.75) is 19.8 Å². The van der Waals surface area contributed by atoms with Gasteiger partial charge in [0.25, 0.3) is 5.91 Å². The number of piperidine rings is 1. The molecule has 2 aromatic heterocycles. The summed E-state index contributed by atoms with van der Waals surface area (Å²) in [5.41, 5.74) is 1.65. The molecular formula is C24H29N7O. The van der Waals surface area contributed by atoms with Crippen LogP contribution < -0.4 is 9.80 Å². The Labute approximate surface area is 188 Å². The van der Waals surface area contributed by atoms with Crippen molar-refractivity contribution >= 4 is 17.4 Å². The van der Waals surface area contributed by atoms with Crippen molar-refractivity contribution in [2.24, 2.45) is 5.92 Å². The second kappa shape index (κ2) is 8.98. The minimum Gasteiger partial charge on any atom is -0.368 e. The first-order chi connectivity index (χ1) is 15.7. The molecule has 8 nitrogen and oxygen atoms in total. The minimum atomic E-state index is -0.0317. The van der Waals surface area contributed by atoms with Crippen LogP contribution in [0.2, 0.25) is 0 Å². The van der Waals surface area contributed by atoms with Gasteiger partial charge in [0.15, 0.2) is 0 Å². The molecule has 1 amide bonds. The van der Waals surface area contributed by atoms with E-state index in [1.165, 1.54) is 18.5 Å². The maximum Gasteiger partial charge on any atom is 0.274 e. The number of anilines is 2. The predicted octanol–water partition coefficient (Wildman–Crippen LogP) is 2.86. The highest BCUT2D eigenvalue weighted by Crippen LogP contribution is 2.22. The van der Waals surface area contributed by atoms with Crippen LogP contribution in [0.15, 0.2) is 55.2 Å². The Morgan fingerprint density at radius 3 is 2.34 bits per heavy atom. The molecule has 2 aliphatic rings. The highest BCUT2D eigenvalue weighted by atomic mass is 16.2. The maximum atomic E-state index is 13.0. The fourth-order valence-corrected chi connectivity index (χ4v) is 4.42. The quantitative estimate of drug-likeness (QED) is 0.633. The number of aromatic nitrogens is 4. The Bertz CT molecular complexity index is 1050. The van der Waals surface area contributed by atoms with Crippen molar-refractivity contribution in [3.63, 3.8) is 0 Å². The van der Waals surface area contributed by atoms with Crippen molar-refractivity contribution in [1.82, 2.24) is 24.4 Å². The Morgan fingerprint density at radius 2 is 1.59 bits per heavy atom. The summed E-state index contributed by atoms with van der Waals surface area (Å²) < 4.78 is 1.81. The lowest BCUT2D eigenvalue weighted by molar-refractivity contribution is 0.0741. The fraction of sp³-hybridized carbons (Fsp3) is 0.417. The van der Waals surface area contributed by atoms with E-state index in [4.69, 9.17) is 0 Å². The van der Waals surface area contributed by atoms with Gasteiger partial charge >= 0.3 is 0 Å². The average Bonchev–Trinajstić information content (AvgIpc) is 3.35. The summed E-state index contributed by atoms with van der Waals surface area (Å²) >= 11 is 0. The lowest BCUT2D eigenvalue weighted by atomic mass is 9.99. The van der Waals surface area contributed by atoms with Crippen LogP contribution in [0.1, 0.15) is 30.3 Å². The van der Waals surface area contributed by atoms with Gasteiger partial charge in [0.2, 0.25) is 0 Å². The van der Waals surface area contributed by atoms with Gasteiger partial charge in [-0.3, -0.25) is 9.36 Å². The zero-order valence-electron chi connectivity index (χ0n) is 18.5. The third-order valence-electron chi connectivity index (χ3n) is 6.50. The molecule has 2 aliphatic heterocycles. The fourth-order valence-electron chi connectivity index (χ4n) is 4.42. The summed E-state index contributed by atoms with van der Waals surface area (Å²) in [4.78, 5) is 32.8. The van der Waals surface area contributed by atoms with Gasteiger partial charge in [0.1, 0.15) is 30.0 Å². The normalized spacial score (nSPS) is 17.6. The zero-order valence-corrected chi connectivity index (χ0v) is 18.5. The van der Waals surface area contributed by atoms with Crippen LogP contribution >= 0.6 is 0 Å². The maximum absolute atomic E-state index is 13.0. The molecule has 4 heterocycles. The van der Waals surface area contributed by atoms with E-state index in [2.05, 4.69) is 43.8 Å². The molecule has 2 saturated heterocycles. The summed E-state index contributed by atoms with van der Waals surface area (Å²) in [6.07, 6.45) is 7.39. The van der Waals surface area contributed by atoms with Crippen molar-refractivity contribution in [3.8, 4) is 5.82 Å². The third kappa shape index (κ3) is 4.30. The van der Waals surface area contributed by atoms with E-state index in [1.807, 2.05) is 33.7 Å². The van der Waals surface area contributed by atoms with Crippen molar-refractivity contribution in [2.75, 3.05) is 49.1 Å². The molecule has 0 bridgehead atoms. The molecule has 0 radical (unpaired) electrons. The van der Waals surface area contributed by atoms with Crippen LogP contribution in [0.4, 0.5) is 11.5 Å². The van der Waals surface area contributed by atoms with Gasteiger partial charge in [-0.05, 0) is 30.9 Å². The lowest BCUT2D eigenvalue weighted by Crippen LogP contribution is -2.48. The first-order valence-corrected chi connectivity index (χ1v) is 11.4. The highest BCUT2D eigenvalue weighted by Gasteiger charge is 2.24. The second-order valence-electron chi connectivity index (χ2n) is 8.68. The molecule has 0 unspecified atom stereocenters. The average molecular weight is 432 g/mol. The van der Waals surface area contributed by atoms with Crippen molar-refractivity contribution in [3.05, 3.63) is 60.9 Å². The van der Waals surface area contributed by atoms with E-state index in [0.717, 1.165) is 43.7 Å². The van der Waals surface area contributed by atoms with Crippen molar-refractivity contribution in [1.29, 1.82) is 0 Å². The number of carbonyl (C=O) groups excluding carboxylic acids is 1. The van der Waals surface area contributed by atoms with E-state index in [9.17, 15) is 4.79 Å². The number of piperazine rings is 1. The van der Waals surface area contributed by atoms with Gasteiger partial charge < -0.3 is 14.7 Å². The van der Waals surface area contributed by atoms with Gasteiger partial charge in [0, 0.05) is 57.2 Å². The van der Waals surface area contributed by atoms with Crippen molar-refractivity contribution < 1.29 is 4.79 Å². The SMILES string of the molecule is CC1CCN(c2cc(-n3cnc(C(=O)N4CCN(c5ccccc5)CC4)c3)ncn2)CC1. The molecule has 0 spiro atoms. The van der Waals surface area contributed by atoms with E-state index in [0.29, 0.717) is 18.8 Å². The van der Waals surface area contributed by atoms with E-state index >= 15 is 0 Å². The Balaban J connectivity index is 1.24. The molecule has 8 heteroatoms. The number of rotatable bonds is 4. The highest BCUT2D eigenvalue weighted by molar-refractivity contribution is 5.92. The molecule has 1 aromatic carbocycles. The summed E-state index contributed by atoms with van der Waals surface area (Å²) in [5.74, 6) is 2.40. The summed E-state index contributed by atoms with van der Waals surface area (Å²) in [7, 11) is 0. The molecule has 2 fully saturated rings. The lowest BCUT2D eigenvalue weighted by Gasteiger charge is -2.35. The number of benzene rings is 1. The van der Waals surface area contributed by atoms with Crippen LogP contribution in [0.25, 0.3) is 5.82 Å². The molecule has 0 saturated carbocycles. The van der Waals surface area contributed by atoms with E-state index < -0.39 is 0 Å². The van der Waals surface area contributed by atoms with Gasteiger partial charge in [-0.25, -0.2) is 15.0 Å². The third-order valence-corrected chi connectivity index (χ3v) is 6.50. The molecular weight excluding hydrogens is 402 g/mol. The van der Waals surface area contributed by atoms with Gasteiger partial charge in [0.05, 0.1) is 0 Å². The van der Waals surface area contributed by atoms with Gasteiger partial charge in [-0.1, -0.05) is 25.1 Å².